The molecule has 0 saturated carbocycles. The summed E-state index contributed by atoms with van der Waals surface area (Å²) in [7, 11) is 5.02. The molecule has 1 aromatic carbocycles. The molecule has 0 aliphatic carbocycles. The van der Waals surface area contributed by atoms with Gasteiger partial charge in [-0.15, -0.1) is 0 Å². The van der Waals surface area contributed by atoms with Crippen LogP contribution in [0.15, 0.2) is 40.7 Å². The van der Waals surface area contributed by atoms with E-state index >= 15 is 0 Å². The third kappa shape index (κ3) is 2.11. The largest absolute Gasteiger partial charge is 0.481 e. The van der Waals surface area contributed by atoms with Crippen LogP contribution in [0, 0.1) is 0 Å². The summed E-state index contributed by atoms with van der Waals surface area (Å²) in [6.45, 7) is 0. The van der Waals surface area contributed by atoms with Crippen molar-refractivity contribution >= 4 is 11.8 Å². The number of benzene rings is 1. The second-order valence-corrected chi connectivity index (χ2v) is 4.65. The molecule has 1 aliphatic rings. The Balaban J connectivity index is 2.03. The molecule has 0 bridgehead atoms. The number of nitrogens with one attached hydrogen (secondary N) is 1. The van der Waals surface area contributed by atoms with Crippen molar-refractivity contribution in [2.45, 2.75) is 0 Å². The number of aryl methyl sites for hydroxylation is 1. The minimum Gasteiger partial charge on any atom is -0.481 e. The van der Waals surface area contributed by atoms with Crippen molar-refractivity contribution in [3.63, 3.8) is 0 Å². The van der Waals surface area contributed by atoms with Crippen molar-refractivity contribution in [3.8, 4) is 11.6 Å². The van der Waals surface area contributed by atoms with Gasteiger partial charge in [-0.3, -0.25) is 14.6 Å². The van der Waals surface area contributed by atoms with Gasteiger partial charge in [0, 0.05) is 20.2 Å². The molecule has 0 unspecified atom stereocenters. The van der Waals surface area contributed by atoms with Crippen molar-refractivity contribution in [2.75, 3.05) is 19.1 Å². The second-order valence-electron chi connectivity index (χ2n) is 4.65. The fourth-order valence-electron chi connectivity index (χ4n) is 2.19. The highest BCUT2D eigenvalue weighted by molar-refractivity contribution is 5.66. The first-order valence-electron chi connectivity index (χ1n) is 6.42. The van der Waals surface area contributed by atoms with E-state index in [1.54, 1.807) is 13.1 Å². The first-order chi connectivity index (χ1) is 10.1. The Bertz CT molecular complexity index is 810. The van der Waals surface area contributed by atoms with Crippen molar-refractivity contribution in [2.24, 2.45) is 7.05 Å². The molecule has 6 heteroatoms. The third-order valence-corrected chi connectivity index (χ3v) is 3.33. The van der Waals surface area contributed by atoms with Gasteiger partial charge < -0.3 is 14.4 Å². The number of hydrogen-bond acceptors (Lipinski definition) is 4. The number of para-hydroxylation sites is 2. The van der Waals surface area contributed by atoms with Crippen molar-refractivity contribution in [3.05, 3.63) is 51.8 Å². The third-order valence-electron chi connectivity index (χ3n) is 3.33. The summed E-state index contributed by atoms with van der Waals surface area (Å²) >= 11 is 0. The van der Waals surface area contributed by atoms with E-state index in [9.17, 15) is 4.79 Å². The topological polar surface area (TPSA) is 59.5 Å². The van der Waals surface area contributed by atoms with Gasteiger partial charge in [0.25, 0.3) is 5.56 Å². The zero-order chi connectivity index (χ0) is 15.0. The van der Waals surface area contributed by atoms with Crippen LogP contribution in [0.2, 0.25) is 0 Å². The number of anilines is 1. The molecule has 1 N–H and O–H groups in total. The first kappa shape index (κ1) is 13.1. The van der Waals surface area contributed by atoms with Crippen LogP contribution >= 0.6 is 0 Å². The molecule has 0 spiro atoms. The molecule has 0 amide bonds. The Kier molecular flexibility index (Phi) is 3.08. The van der Waals surface area contributed by atoms with Crippen LogP contribution in [0.25, 0.3) is 6.08 Å². The maximum Gasteiger partial charge on any atom is 0.278 e. The van der Waals surface area contributed by atoms with E-state index in [4.69, 9.17) is 9.47 Å². The fourth-order valence-corrected chi connectivity index (χ4v) is 2.19. The summed E-state index contributed by atoms with van der Waals surface area (Å²) in [6.07, 6.45) is 1.56. The van der Waals surface area contributed by atoms with Crippen LogP contribution in [-0.4, -0.2) is 23.9 Å². The van der Waals surface area contributed by atoms with Crippen LogP contribution < -0.4 is 19.9 Å². The van der Waals surface area contributed by atoms with Gasteiger partial charge in [-0.2, -0.15) is 0 Å². The minimum atomic E-state index is -0.182. The van der Waals surface area contributed by atoms with Crippen LogP contribution in [-0.2, 0) is 7.05 Å². The van der Waals surface area contributed by atoms with Gasteiger partial charge in [-0.05, 0) is 12.1 Å². The molecule has 0 radical (unpaired) electrons. The van der Waals surface area contributed by atoms with Crippen LogP contribution in [0.1, 0.15) is 5.56 Å². The van der Waals surface area contributed by atoms with E-state index in [0.717, 1.165) is 11.4 Å². The predicted octanol–water partition coefficient (Wildman–Crippen LogP) is 1.70. The van der Waals surface area contributed by atoms with Gasteiger partial charge in [-0.1, -0.05) is 17.9 Å². The Labute approximate surface area is 121 Å². The molecule has 108 valence electrons. The molecule has 1 aliphatic heterocycles. The number of fused-ring (bicyclic) bond motifs is 1. The molecule has 6 nitrogen and oxygen atoms in total. The van der Waals surface area contributed by atoms with E-state index in [0.29, 0.717) is 17.3 Å². The number of ether oxygens (including phenoxy) is 2. The maximum atomic E-state index is 12.0. The van der Waals surface area contributed by atoms with Gasteiger partial charge in [-0.25, -0.2) is 0 Å². The molecule has 2 aromatic rings. The van der Waals surface area contributed by atoms with Crippen LogP contribution in [0.5, 0.6) is 11.6 Å². The van der Waals surface area contributed by atoms with E-state index in [1.807, 2.05) is 36.2 Å². The highest BCUT2D eigenvalue weighted by Crippen LogP contribution is 2.36. The number of nitrogens with zero attached hydrogens (tertiary/aromatic N) is 2. The fraction of sp³-hybridized carbons (Fsp3) is 0.200. The number of methoxy groups -OCH3 is 1. The predicted molar refractivity (Wildman–Crippen MR) is 79.5 cm³/mol. The van der Waals surface area contributed by atoms with Gasteiger partial charge in [0.2, 0.25) is 11.8 Å². The zero-order valence-electron chi connectivity index (χ0n) is 12.0. The summed E-state index contributed by atoms with van der Waals surface area (Å²) in [5.41, 5.74) is 4.19. The summed E-state index contributed by atoms with van der Waals surface area (Å²) in [5, 5.41) is 2.81. The summed E-state index contributed by atoms with van der Waals surface area (Å²) in [4.78, 5) is 13.8. The van der Waals surface area contributed by atoms with Crippen LogP contribution in [0.4, 0.5) is 5.69 Å². The van der Waals surface area contributed by atoms with E-state index in [1.165, 1.54) is 11.8 Å². The second kappa shape index (κ2) is 4.92. The zero-order valence-corrected chi connectivity index (χ0v) is 12.0. The van der Waals surface area contributed by atoms with Crippen molar-refractivity contribution < 1.29 is 9.47 Å². The Morgan fingerprint density at radius 1 is 1.33 bits per heavy atom. The lowest BCUT2D eigenvalue weighted by molar-refractivity contribution is 0.391. The maximum absolute atomic E-state index is 12.0. The van der Waals surface area contributed by atoms with Crippen LogP contribution in [0.3, 0.4) is 0 Å². The average molecular weight is 285 g/mol. The summed E-state index contributed by atoms with van der Waals surface area (Å²) in [5.74, 6) is 1.69. The number of aromatic amines is 1. The quantitative estimate of drug-likeness (QED) is 0.853. The summed E-state index contributed by atoms with van der Waals surface area (Å²) < 4.78 is 12.2. The Morgan fingerprint density at radius 3 is 2.81 bits per heavy atom. The van der Waals surface area contributed by atoms with Gasteiger partial charge in [0.15, 0.2) is 5.75 Å². The smallest absolute Gasteiger partial charge is 0.278 e. The van der Waals surface area contributed by atoms with E-state index in [-0.39, 0.29) is 5.56 Å². The van der Waals surface area contributed by atoms with E-state index < -0.39 is 0 Å². The molecule has 2 heterocycles. The highest BCUT2D eigenvalue weighted by atomic mass is 16.5. The van der Waals surface area contributed by atoms with Gasteiger partial charge in [0.05, 0.1) is 12.8 Å². The number of hydrogen-bond donors (Lipinski definition) is 1. The lowest BCUT2D eigenvalue weighted by Crippen LogP contribution is -2.14. The Hall–Kier alpha value is -2.85. The normalized spacial score (nSPS) is 12.7. The lowest BCUT2D eigenvalue weighted by Gasteiger charge is -2.07. The molecule has 3 rings (SSSR count). The lowest BCUT2D eigenvalue weighted by atomic mass is 10.3. The SMILES string of the molecule is COc1[nH]n(C)c(=O)c1C=C=C1Oc2ccccc2N1C. The molecule has 0 saturated heterocycles. The minimum absolute atomic E-state index is 0.182. The molecule has 21 heavy (non-hydrogen) atoms. The molecule has 1 aromatic heterocycles. The van der Waals surface area contributed by atoms with E-state index in [2.05, 4.69) is 10.8 Å². The number of aromatic nitrogens is 2. The van der Waals surface area contributed by atoms with Crippen molar-refractivity contribution in [1.82, 2.24) is 9.78 Å². The first-order valence-corrected chi connectivity index (χ1v) is 6.42. The molecular weight excluding hydrogens is 270 g/mol. The highest BCUT2D eigenvalue weighted by Gasteiger charge is 2.22. The van der Waals surface area contributed by atoms with Gasteiger partial charge >= 0.3 is 0 Å². The summed E-state index contributed by atoms with van der Waals surface area (Å²) in [6, 6.07) is 7.69. The molecule has 0 fully saturated rings. The van der Waals surface area contributed by atoms with Gasteiger partial charge in [0.1, 0.15) is 5.56 Å². The molecule has 0 atom stereocenters. The average Bonchev–Trinajstić information content (AvgIpc) is 2.96. The van der Waals surface area contributed by atoms with Crippen molar-refractivity contribution in [1.29, 1.82) is 0 Å². The Morgan fingerprint density at radius 2 is 2.10 bits per heavy atom. The monoisotopic (exact) mass is 285 g/mol. The standard InChI is InChI=1S/C15H15N3O3/c1-17-11-6-4-5-7-12(11)21-13(17)9-8-10-14(20-3)16-18(2)15(10)19/h4-8,16H,1-3H3. The number of H-pyrrole nitrogens is 1. The number of rotatable bonds is 2. The molecular formula is C15H15N3O3.